The highest BCUT2D eigenvalue weighted by molar-refractivity contribution is 5.31. The fourth-order valence-corrected chi connectivity index (χ4v) is 2.41. The molecule has 19 heavy (non-hydrogen) atoms. The van der Waals surface area contributed by atoms with E-state index >= 15 is 0 Å². The van der Waals surface area contributed by atoms with Gasteiger partial charge in [-0.1, -0.05) is 62.4 Å². The van der Waals surface area contributed by atoms with Gasteiger partial charge in [-0.2, -0.15) is 0 Å². The Morgan fingerprint density at radius 2 is 1.58 bits per heavy atom. The number of aryl methyl sites for hydroxylation is 1. The predicted octanol–water partition coefficient (Wildman–Crippen LogP) is 4.36. The minimum atomic E-state index is 0.0751. The van der Waals surface area contributed by atoms with Crippen molar-refractivity contribution in [2.24, 2.45) is 5.73 Å². The number of benzene rings is 2. The van der Waals surface area contributed by atoms with Gasteiger partial charge in [-0.15, -0.1) is 0 Å². The van der Waals surface area contributed by atoms with Crippen LogP contribution in [0.15, 0.2) is 48.5 Å². The third-order valence-electron chi connectivity index (χ3n) is 3.69. The highest BCUT2D eigenvalue weighted by Crippen LogP contribution is 2.21. The maximum absolute atomic E-state index is 6.33. The number of rotatable bonds is 4. The van der Waals surface area contributed by atoms with Gasteiger partial charge in [0.2, 0.25) is 0 Å². The Balaban J connectivity index is 2.11. The van der Waals surface area contributed by atoms with Gasteiger partial charge in [0.1, 0.15) is 0 Å². The maximum atomic E-state index is 6.33. The zero-order valence-electron chi connectivity index (χ0n) is 12.1. The first-order chi connectivity index (χ1) is 9.08. The van der Waals surface area contributed by atoms with Gasteiger partial charge in [0.15, 0.2) is 0 Å². The molecule has 1 heteroatoms. The monoisotopic (exact) mass is 253 g/mol. The average molecular weight is 253 g/mol. The average Bonchev–Trinajstić information content (AvgIpc) is 2.39. The zero-order chi connectivity index (χ0) is 13.8. The van der Waals surface area contributed by atoms with E-state index in [9.17, 15) is 0 Å². The molecule has 0 aliphatic rings. The number of hydrogen-bond donors (Lipinski definition) is 1. The molecule has 0 aliphatic heterocycles. The summed E-state index contributed by atoms with van der Waals surface area (Å²) in [6.45, 7) is 6.55. The molecule has 1 atom stereocenters. The van der Waals surface area contributed by atoms with Gasteiger partial charge in [-0.05, 0) is 41.5 Å². The van der Waals surface area contributed by atoms with Crippen LogP contribution in [0.5, 0.6) is 0 Å². The van der Waals surface area contributed by atoms with Crippen LogP contribution in [-0.4, -0.2) is 0 Å². The highest BCUT2D eigenvalue weighted by Gasteiger charge is 2.09. The van der Waals surface area contributed by atoms with Gasteiger partial charge in [0.05, 0.1) is 0 Å². The van der Waals surface area contributed by atoms with Crippen molar-refractivity contribution in [2.45, 2.75) is 39.2 Å². The molecular formula is C18H23N. The Morgan fingerprint density at radius 1 is 0.947 bits per heavy atom. The molecule has 0 saturated heterocycles. The van der Waals surface area contributed by atoms with E-state index in [4.69, 9.17) is 5.73 Å². The van der Waals surface area contributed by atoms with Crippen molar-refractivity contribution in [3.05, 3.63) is 70.8 Å². The molecule has 0 spiro atoms. The van der Waals surface area contributed by atoms with Crippen LogP contribution in [0.1, 0.15) is 48.1 Å². The van der Waals surface area contributed by atoms with Crippen molar-refractivity contribution in [1.82, 2.24) is 0 Å². The minimum Gasteiger partial charge on any atom is -0.324 e. The van der Waals surface area contributed by atoms with E-state index in [1.165, 1.54) is 22.3 Å². The van der Waals surface area contributed by atoms with Crippen LogP contribution in [0, 0.1) is 6.92 Å². The van der Waals surface area contributed by atoms with Crippen LogP contribution >= 0.6 is 0 Å². The summed E-state index contributed by atoms with van der Waals surface area (Å²) >= 11 is 0. The van der Waals surface area contributed by atoms with E-state index in [2.05, 4.69) is 69.3 Å². The summed E-state index contributed by atoms with van der Waals surface area (Å²) in [6, 6.07) is 17.3. The first kappa shape index (κ1) is 13.8. The maximum Gasteiger partial charge on any atom is 0.0338 e. The summed E-state index contributed by atoms with van der Waals surface area (Å²) in [4.78, 5) is 0. The van der Waals surface area contributed by atoms with Crippen LogP contribution in [-0.2, 0) is 6.42 Å². The fourth-order valence-electron chi connectivity index (χ4n) is 2.41. The molecule has 2 N–H and O–H groups in total. The van der Waals surface area contributed by atoms with Crippen molar-refractivity contribution in [1.29, 1.82) is 0 Å². The summed E-state index contributed by atoms with van der Waals surface area (Å²) in [5.74, 6) is 0.582. The van der Waals surface area contributed by atoms with Crippen LogP contribution in [0.25, 0.3) is 0 Å². The van der Waals surface area contributed by atoms with Crippen molar-refractivity contribution in [2.75, 3.05) is 0 Å². The molecule has 0 fully saturated rings. The molecule has 0 aromatic heterocycles. The number of nitrogens with two attached hydrogens (primary N) is 1. The highest BCUT2D eigenvalue weighted by atomic mass is 14.6. The third kappa shape index (κ3) is 3.45. The van der Waals surface area contributed by atoms with Gasteiger partial charge >= 0.3 is 0 Å². The van der Waals surface area contributed by atoms with E-state index in [1.54, 1.807) is 0 Å². The van der Waals surface area contributed by atoms with E-state index in [1.807, 2.05) is 0 Å². The Hall–Kier alpha value is -1.60. The van der Waals surface area contributed by atoms with Crippen LogP contribution in [0.3, 0.4) is 0 Å². The quantitative estimate of drug-likeness (QED) is 0.860. The second kappa shape index (κ2) is 6.03. The molecule has 2 aromatic rings. The van der Waals surface area contributed by atoms with Crippen molar-refractivity contribution < 1.29 is 0 Å². The molecule has 0 heterocycles. The standard InChI is InChI=1S/C18H23N/c1-13(2)16-10-8-15(9-11-16)12-18(19)17-7-5-4-6-14(17)3/h4-11,13,18H,12,19H2,1-3H3. The Kier molecular flexibility index (Phi) is 4.39. The first-order valence-electron chi connectivity index (χ1n) is 6.98. The van der Waals surface area contributed by atoms with Gasteiger partial charge in [0.25, 0.3) is 0 Å². The van der Waals surface area contributed by atoms with Crippen molar-refractivity contribution in [3.63, 3.8) is 0 Å². The zero-order valence-corrected chi connectivity index (χ0v) is 12.1. The molecule has 1 nitrogen and oxygen atoms in total. The molecule has 1 unspecified atom stereocenters. The lowest BCUT2D eigenvalue weighted by atomic mass is 9.94. The molecule has 0 saturated carbocycles. The molecule has 2 aromatic carbocycles. The summed E-state index contributed by atoms with van der Waals surface area (Å²) in [6.07, 6.45) is 0.892. The van der Waals surface area contributed by atoms with Gasteiger partial charge in [0, 0.05) is 6.04 Å². The summed E-state index contributed by atoms with van der Waals surface area (Å²) < 4.78 is 0. The second-order valence-corrected chi connectivity index (χ2v) is 5.56. The van der Waals surface area contributed by atoms with E-state index in [0.717, 1.165) is 6.42 Å². The van der Waals surface area contributed by atoms with Gasteiger partial charge in [-0.3, -0.25) is 0 Å². The Labute approximate surface area is 116 Å². The van der Waals surface area contributed by atoms with Crippen molar-refractivity contribution >= 4 is 0 Å². The summed E-state index contributed by atoms with van der Waals surface area (Å²) in [5, 5.41) is 0. The minimum absolute atomic E-state index is 0.0751. The third-order valence-corrected chi connectivity index (χ3v) is 3.69. The molecule has 0 bridgehead atoms. The summed E-state index contributed by atoms with van der Waals surface area (Å²) in [7, 11) is 0. The predicted molar refractivity (Wildman–Crippen MR) is 82.3 cm³/mol. The van der Waals surface area contributed by atoms with Crippen LogP contribution in [0.2, 0.25) is 0 Å². The fraction of sp³-hybridized carbons (Fsp3) is 0.333. The topological polar surface area (TPSA) is 26.0 Å². The lowest BCUT2D eigenvalue weighted by Crippen LogP contribution is -2.14. The molecule has 0 aliphatic carbocycles. The van der Waals surface area contributed by atoms with Gasteiger partial charge < -0.3 is 5.73 Å². The molecule has 0 radical (unpaired) electrons. The summed E-state index contributed by atoms with van der Waals surface area (Å²) in [5.41, 5.74) is 11.5. The second-order valence-electron chi connectivity index (χ2n) is 5.56. The molecule has 100 valence electrons. The van der Waals surface area contributed by atoms with Crippen LogP contribution in [0.4, 0.5) is 0 Å². The van der Waals surface area contributed by atoms with Crippen molar-refractivity contribution in [3.8, 4) is 0 Å². The first-order valence-corrected chi connectivity index (χ1v) is 6.98. The SMILES string of the molecule is Cc1ccccc1C(N)Cc1ccc(C(C)C)cc1. The van der Waals surface area contributed by atoms with E-state index in [0.29, 0.717) is 5.92 Å². The molecular weight excluding hydrogens is 230 g/mol. The normalized spacial score (nSPS) is 12.7. The smallest absolute Gasteiger partial charge is 0.0338 e. The lowest BCUT2D eigenvalue weighted by Gasteiger charge is -2.15. The van der Waals surface area contributed by atoms with Gasteiger partial charge in [-0.25, -0.2) is 0 Å². The molecule has 0 amide bonds. The van der Waals surface area contributed by atoms with E-state index in [-0.39, 0.29) is 6.04 Å². The Morgan fingerprint density at radius 3 is 2.16 bits per heavy atom. The lowest BCUT2D eigenvalue weighted by molar-refractivity contribution is 0.716. The van der Waals surface area contributed by atoms with E-state index < -0.39 is 0 Å². The Bertz CT molecular complexity index is 526. The largest absolute Gasteiger partial charge is 0.324 e. The number of hydrogen-bond acceptors (Lipinski definition) is 1. The molecule has 2 rings (SSSR count). The van der Waals surface area contributed by atoms with Crippen LogP contribution < -0.4 is 5.73 Å².